The van der Waals surface area contributed by atoms with Gasteiger partial charge in [-0.3, -0.25) is 4.79 Å². The van der Waals surface area contributed by atoms with Gasteiger partial charge in [0.15, 0.2) is 0 Å². The third kappa shape index (κ3) is 4.43. The molecule has 0 spiro atoms. The summed E-state index contributed by atoms with van der Waals surface area (Å²) < 4.78 is 13.1. The van der Waals surface area contributed by atoms with Crippen LogP contribution in [0.15, 0.2) is 54.6 Å². The number of carbonyl (C=O) groups excluding carboxylic acids is 1. The maximum Gasteiger partial charge on any atom is 0.244 e. The van der Waals surface area contributed by atoms with E-state index in [2.05, 4.69) is 5.32 Å². The molecular weight excluding hydrogens is 289 g/mol. The van der Waals surface area contributed by atoms with Crippen molar-refractivity contribution < 1.29 is 9.18 Å². The first-order valence-corrected chi connectivity index (χ1v) is 6.92. The van der Waals surface area contributed by atoms with Gasteiger partial charge in [0.2, 0.25) is 5.91 Å². The monoisotopic (exact) mass is 303 g/mol. The number of hydrogen-bond donors (Lipinski definition) is 1. The van der Waals surface area contributed by atoms with Gasteiger partial charge in [-0.2, -0.15) is 0 Å². The fraction of sp³-hybridized carbons (Fsp3) is 0.118. The highest BCUT2D eigenvalue weighted by Crippen LogP contribution is 2.20. The molecule has 0 aliphatic carbocycles. The van der Waals surface area contributed by atoms with Crippen LogP contribution in [0, 0.1) is 5.82 Å². The lowest BCUT2D eigenvalue weighted by atomic mass is 10.1. The molecule has 4 heteroatoms. The van der Waals surface area contributed by atoms with Crippen molar-refractivity contribution in [2.24, 2.45) is 0 Å². The topological polar surface area (TPSA) is 29.1 Å². The number of carbonyl (C=O) groups is 1. The summed E-state index contributed by atoms with van der Waals surface area (Å²) in [5.41, 5.74) is 1.70. The summed E-state index contributed by atoms with van der Waals surface area (Å²) in [7, 11) is 0. The second kappa shape index (κ2) is 7.04. The zero-order valence-corrected chi connectivity index (χ0v) is 12.3. The van der Waals surface area contributed by atoms with Gasteiger partial charge in [0.05, 0.1) is 11.1 Å². The van der Waals surface area contributed by atoms with Crippen LogP contribution in [0.2, 0.25) is 5.02 Å². The van der Waals surface area contributed by atoms with Gasteiger partial charge in [0, 0.05) is 6.08 Å². The maximum atomic E-state index is 13.1. The summed E-state index contributed by atoms with van der Waals surface area (Å²) in [5.74, 6) is -0.685. The minimum absolute atomic E-state index is 0.0495. The van der Waals surface area contributed by atoms with Gasteiger partial charge in [-0.15, -0.1) is 0 Å². The second-order valence-corrected chi connectivity index (χ2v) is 5.06. The molecule has 0 aromatic heterocycles. The highest BCUT2D eigenvalue weighted by atomic mass is 35.5. The van der Waals surface area contributed by atoms with Crippen LogP contribution in [0.25, 0.3) is 6.08 Å². The van der Waals surface area contributed by atoms with E-state index in [9.17, 15) is 9.18 Å². The molecule has 2 aromatic carbocycles. The SMILES string of the molecule is CC(NC(=O)C=Cc1ccccc1)c1ccc(F)c(Cl)c1. The Bertz CT molecular complexity index is 655. The maximum absolute atomic E-state index is 13.1. The number of nitrogens with one attached hydrogen (secondary N) is 1. The van der Waals surface area contributed by atoms with E-state index in [0.29, 0.717) is 0 Å². The van der Waals surface area contributed by atoms with Gasteiger partial charge >= 0.3 is 0 Å². The molecule has 1 N–H and O–H groups in total. The highest BCUT2D eigenvalue weighted by Gasteiger charge is 2.09. The van der Waals surface area contributed by atoms with E-state index in [1.165, 1.54) is 18.2 Å². The Hall–Kier alpha value is -2.13. The van der Waals surface area contributed by atoms with Gasteiger partial charge < -0.3 is 5.32 Å². The molecule has 2 aromatic rings. The molecule has 0 saturated carbocycles. The summed E-state index contributed by atoms with van der Waals surface area (Å²) in [5, 5.41) is 2.86. The number of hydrogen-bond acceptors (Lipinski definition) is 1. The zero-order valence-electron chi connectivity index (χ0n) is 11.5. The quantitative estimate of drug-likeness (QED) is 0.835. The third-order valence-electron chi connectivity index (χ3n) is 3.03. The second-order valence-electron chi connectivity index (χ2n) is 4.65. The average molecular weight is 304 g/mol. The predicted octanol–water partition coefficient (Wildman–Crippen LogP) is 4.37. The Morgan fingerprint density at radius 3 is 2.62 bits per heavy atom. The fourth-order valence-electron chi connectivity index (χ4n) is 1.86. The van der Waals surface area contributed by atoms with Crippen LogP contribution in [0.4, 0.5) is 4.39 Å². The third-order valence-corrected chi connectivity index (χ3v) is 3.32. The minimum atomic E-state index is -0.470. The molecule has 0 heterocycles. The van der Waals surface area contributed by atoms with Crippen molar-refractivity contribution >= 4 is 23.6 Å². The van der Waals surface area contributed by atoms with Gasteiger partial charge in [0.1, 0.15) is 5.82 Å². The molecule has 1 amide bonds. The van der Waals surface area contributed by atoms with Gasteiger partial charge in [-0.25, -0.2) is 4.39 Å². The molecular formula is C17H15ClFNO. The van der Waals surface area contributed by atoms with Crippen LogP contribution in [-0.4, -0.2) is 5.91 Å². The van der Waals surface area contributed by atoms with Crippen LogP contribution < -0.4 is 5.32 Å². The van der Waals surface area contributed by atoms with E-state index in [0.717, 1.165) is 11.1 Å². The Kier molecular flexibility index (Phi) is 5.12. The van der Waals surface area contributed by atoms with E-state index < -0.39 is 5.82 Å². The van der Waals surface area contributed by atoms with Crippen LogP contribution in [0.3, 0.4) is 0 Å². The van der Waals surface area contributed by atoms with Gasteiger partial charge in [-0.1, -0.05) is 48.0 Å². The Morgan fingerprint density at radius 2 is 1.95 bits per heavy atom. The average Bonchev–Trinajstić information content (AvgIpc) is 2.49. The number of rotatable bonds is 4. The van der Waals surface area contributed by atoms with Crippen LogP contribution in [0.1, 0.15) is 24.1 Å². The van der Waals surface area contributed by atoms with Gasteiger partial charge in [0.25, 0.3) is 0 Å². The van der Waals surface area contributed by atoms with Crippen molar-refractivity contribution in [1.82, 2.24) is 5.32 Å². The summed E-state index contributed by atoms with van der Waals surface area (Å²) >= 11 is 5.73. The number of halogens is 2. The molecule has 1 unspecified atom stereocenters. The van der Waals surface area contributed by atoms with Crippen molar-refractivity contribution in [1.29, 1.82) is 0 Å². The normalized spacial score (nSPS) is 12.3. The molecule has 108 valence electrons. The molecule has 0 bridgehead atoms. The van der Waals surface area contributed by atoms with Crippen LogP contribution in [-0.2, 0) is 4.79 Å². The summed E-state index contributed by atoms with van der Waals surface area (Å²) in [6, 6.07) is 13.7. The minimum Gasteiger partial charge on any atom is -0.346 e. The predicted molar refractivity (Wildman–Crippen MR) is 83.4 cm³/mol. The van der Waals surface area contributed by atoms with E-state index in [1.54, 1.807) is 12.1 Å². The molecule has 1 atom stereocenters. The summed E-state index contributed by atoms with van der Waals surface area (Å²) in [4.78, 5) is 11.8. The van der Waals surface area contributed by atoms with Crippen molar-refractivity contribution in [2.45, 2.75) is 13.0 Å². The van der Waals surface area contributed by atoms with E-state index in [1.807, 2.05) is 37.3 Å². The molecule has 2 nitrogen and oxygen atoms in total. The zero-order chi connectivity index (χ0) is 15.2. The molecule has 2 rings (SSSR count). The molecule has 0 radical (unpaired) electrons. The lowest BCUT2D eigenvalue weighted by Gasteiger charge is -2.13. The van der Waals surface area contributed by atoms with Crippen molar-refractivity contribution in [3.8, 4) is 0 Å². The molecule has 0 aliphatic heterocycles. The van der Waals surface area contributed by atoms with Crippen LogP contribution >= 0.6 is 11.6 Å². The van der Waals surface area contributed by atoms with Crippen molar-refractivity contribution in [3.05, 3.63) is 76.6 Å². The molecule has 0 aliphatic rings. The van der Waals surface area contributed by atoms with Crippen molar-refractivity contribution in [2.75, 3.05) is 0 Å². The van der Waals surface area contributed by atoms with E-state index in [-0.39, 0.29) is 17.0 Å². The number of benzene rings is 2. The first kappa shape index (κ1) is 15.3. The Labute approximate surface area is 128 Å². The van der Waals surface area contributed by atoms with Crippen molar-refractivity contribution in [3.63, 3.8) is 0 Å². The largest absolute Gasteiger partial charge is 0.346 e. The smallest absolute Gasteiger partial charge is 0.244 e. The summed E-state index contributed by atoms with van der Waals surface area (Å²) in [6.07, 6.45) is 3.21. The molecule has 0 saturated heterocycles. The number of amides is 1. The standard InChI is InChI=1S/C17H15ClFNO/c1-12(14-8-9-16(19)15(18)11-14)20-17(21)10-7-13-5-3-2-4-6-13/h2-12H,1H3,(H,20,21). The highest BCUT2D eigenvalue weighted by molar-refractivity contribution is 6.30. The van der Waals surface area contributed by atoms with E-state index >= 15 is 0 Å². The lowest BCUT2D eigenvalue weighted by molar-refractivity contribution is -0.117. The summed E-state index contributed by atoms with van der Waals surface area (Å²) in [6.45, 7) is 1.82. The van der Waals surface area contributed by atoms with Crippen LogP contribution in [0.5, 0.6) is 0 Å². The lowest BCUT2D eigenvalue weighted by Crippen LogP contribution is -2.24. The molecule has 0 fully saturated rings. The van der Waals surface area contributed by atoms with E-state index in [4.69, 9.17) is 11.6 Å². The Balaban J connectivity index is 1.99. The molecule has 21 heavy (non-hydrogen) atoms. The Morgan fingerprint density at radius 1 is 1.24 bits per heavy atom. The fourth-order valence-corrected chi connectivity index (χ4v) is 2.05. The first-order valence-electron chi connectivity index (χ1n) is 6.55. The first-order chi connectivity index (χ1) is 10.1. The van der Waals surface area contributed by atoms with Gasteiger partial charge in [-0.05, 0) is 36.3 Å².